The Morgan fingerprint density at radius 1 is 1.44 bits per heavy atom. The summed E-state index contributed by atoms with van der Waals surface area (Å²) < 4.78 is 5.39. The first-order valence-electron chi connectivity index (χ1n) is 5.14. The van der Waals surface area contributed by atoms with Crippen LogP contribution < -0.4 is 4.74 Å². The first-order chi connectivity index (χ1) is 7.84. The molecule has 16 heavy (non-hydrogen) atoms. The summed E-state index contributed by atoms with van der Waals surface area (Å²) in [6, 6.07) is 5.50. The lowest BCUT2D eigenvalue weighted by Gasteiger charge is -2.01. The maximum absolute atomic E-state index is 12.0. The molecule has 4 nitrogen and oxygen atoms in total. The molecular weight excluding hydrogens is 204 g/mol. The summed E-state index contributed by atoms with van der Waals surface area (Å²) in [5.74, 6) is 1.18. The van der Waals surface area contributed by atoms with Crippen molar-refractivity contribution in [2.75, 3.05) is 6.61 Å². The first-order valence-corrected chi connectivity index (χ1v) is 5.14. The summed E-state index contributed by atoms with van der Waals surface area (Å²) in [5, 5.41) is 0. The molecule has 0 radical (unpaired) electrons. The van der Waals surface area contributed by atoms with E-state index in [1.807, 2.05) is 12.1 Å². The maximum atomic E-state index is 12.0. The van der Waals surface area contributed by atoms with Crippen LogP contribution in [-0.4, -0.2) is 22.4 Å². The van der Waals surface area contributed by atoms with Crippen LogP contribution in [0.4, 0.5) is 0 Å². The van der Waals surface area contributed by atoms with Crippen LogP contribution in [0, 0.1) is 0 Å². The van der Waals surface area contributed by atoms with Gasteiger partial charge in [-0.15, -0.1) is 0 Å². The largest absolute Gasteiger partial charge is 0.493 e. The number of ketones is 1. The smallest absolute Gasteiger partial charge is 0.228 e. The van der Waals surface area contributed by atoms with Crippen molar-refractivity contribution in [2.45, 2.75) is 6.42 Å². The molecule has 0 amide bonds. The topological polar surface area (TPSA) is 55.0 Å². The van der Waals surface area contributed by atoms with Crippen molar-refractivity contribution >= 4 is 5.78 Å². The number of hydrogen-bond donors (Lipinski definition) is 1. The van der Waals surface area contributed by atoms with Crippen molar-refractivity contribution in [2.24, 2.45) is 0 Å². The van der Waals surface area contributed by atoms with Gasteiger partial charge in [-0.05, 0) is 23.8 Å². The quantitative estimate of drug-likeness (QED) is 0.772. The zero-order valence-corrected chi connectivity index (χ0v) is 8.56. The Hall–Kier alpha value is -2.10. The second-order valence-electron chi connectivity index (χ2n) is 3.69. The molecular formula is C12H10N2O2. The third-order valence-electron chi connectivity index (χ3n) is 2.66. The van der Waals surface area contributed by atoms with E-state index in [1.54, 1.807) is 18.5 Å². The summed E-state index contributed by atoms with van der Waals surface area (Å²) >= 11 is 0. The number of carbonyl (C=O) groups excluding carboxylic acids is 1. The summed E-state index contributed by atoms with van der Waals surface area (Å²) in [6.45, 7) is 0.702. The van der Waals surface area contributed by atoms with Gasteiger partial charge in [0.2, 0.25) is 5.78 Å². The Bertz CT molecular complexity index is 532. The van der Waals surface area contributed by atoms with Gasteiger partial charge in [-0.2, -0.15) is 0 Å². The molecule has 0 saturated heterocycles. The average molecular weight is 214 g/mol. The summed E-state index contributed by atoms with van der Waals surface area (Å²) in [6.07, 6.45) is 4.09. The number of rotatable bonds is 2. The summed E-state index contributed by atoms with van der Waals surface area (Å²) in [7, 11) is 0. The fraction of sp³-hybridized carbons (Fsp3) is 0.167. The minimum Gasteiger partial charge on any atom is -0.493 e. The van der Waals surface area contributed by atoms with Gasteiger partial charge in [0, 0.05) is 24.4 Å². The van der Waals surface area contributed by atoms with E-state index in [4.69, 9.17) is 4.74 Å². The van der Waals surface area contributed by atoms with E-state index in [0.29, 0.717) is 18.0 Å². The number of benzene rings is 1. The Labute approximate surface area is 92.3 Å². The lowest BCUT2D eigenvalue weighted by Crippen LogP contribution is -2.03. The number of aromatic nitrogens is 2. The molecule has 1 aliphatic rings. The number of hydrogen-bond acceptors (Lipinski definition) is 3. The van der Waals surface area contributed by atoms with Gasteiger partial charge in [0.15, 0.2) is 5.82 Å². The number of nitrogens with zero attached hydrogens (tertiary/aromatic N) is 1. The van der Waals surface area contributed by atoms with Crippen LogP contribution in [0.1, 0.15) is 21.7 Å². The van der Waals surface area contributed by atoms with Crippen LogP contribution in [0.25, 0.3) is 0 Å². The molecule has 80 valence electrons. The Kier molecular flexibility index (Phi) is 1.99. The summed E-state index contributed by atoms with van der Waals surface area (Å²) in [4.78, 5) is 18.7. The number of nitrogens with one attached hydrogen (secondary N) is 1. The van der Waals surface area contributed by atoms with Crippen LogP contribution in [0.2, 0.25) is 0 Å². The van der Waals surface area contributed by atoms with Crippen LogP contribution in [0.5, 0.6) is 5.75 Å². The number of ether oxygens (including phenoxy) is 1. The molecule has 2 aromatic rings. The number of imidazole rings is 1. The minimum atomic E-state index is -0.0836. The fourth-order valence-corrected chi connectivity index (χ4v) is 1.85. The second-order valence-corrected chi connectivity index (χ2v) is 3.69. The van der Waals surface area contributed by atoms with Crippen molar-refractivity contribution in [3.8, 4) is 5.75 Å². The van der Waals surface area contributed by atoms with Crippen LogP contribution in [-0.2, 0) is 6.42 Å². The van der Waals surface area contributed by atoms with Crippen LogP contribution in [0.15, 0.2) is 30.6 Å². The van der Waals surface area contributed by atoms with E-state index in [2.05, 4.69) is 9.97 Å². The molecule has 0 atom stereocenters. The van der Waals surface area contributed by atoms with E-state index < -0.39 is 0 Å². The number of aromatic amines is 1. The van der Waals surface area contributed by atoms with E-state index in [0.717, 1.165) is 17.7 Å². The van der Waals surface area contributed by atoms with Crippen molar-refractivity contribution < 1.29 is 9.53 Å². The molecule has 3 rings (SSSR count). The predicted molar refractivity (Wildman–Crippen MR) is 57.7 cm³/mol. The lowest BCUT2D eigenvalue weighted by molar-refractivity contribution is 0.103. The summed E-state index contributed by atoms with van der Waals surface area (Å²) in [5.41, 5.74) is 1.75. The highest BCUT2D eigenvalue weighted by atomic mass is 16.5. The van der Waals surface area contributed by atoms with Gasteiger partial charge in [0.05, 0.1) is 6.61 Å². The van der Waals surface area contributed by atoms with Crippen molar-refractivity contribution in [1.29, 1.82) is 0 Å². The normalized spacial score (nSPS) is 13.2. The van der Waals surface area contributed by atoms with Gasteiger partial charge in [-0.1, -0.05) is 0 Å². The van der Waals surface area contributed by atoms with Gasteiger partial charge in [-0.25, -0.2) is 4.98 Å². The molecule has 4 heteroatoms. The minimum absolute atomic E-state index is 0.0836. The zero-order valence-electron chi connectivity index (χ0n) is 8.56. The standard InChI is InChI=1S/C12H10N2O2/c15-11(12-13-4-5-14-12)9-1-2-10-8(7-9)3-6-16-10/h1-2,4-5,7H,3,6H2,(H,13,14). The Morgan fingerprint density at radius 2 is 2.38 bits per heavy atom. The highest BCUT2D eigenvalue weighted by Gasteiger charge is 2.16. The van der Waals surface area contributed by atoms with Gasteiger partial charge < -0.3 is 9.72 Å². The van der Waals surface area contributed by atoms with Gasteiger partial charge in [-0.3, -0.25) is 4.79 Å². The van der Waals surface area contributed by atoms with E-state index in [9.17, 15) is 4.79 Å². The van der Waals surface area contributed by atoms with E-state index in [1.165, 1.54) is 0 Å². The molecule has 1 aliphatic heterocycles. The molecule has 1 aromatic heterocycles. The molecule has 1 N–H and O–H groups in total. The molecule has 0 unspecified atom stereocenters. The first kappa shape index (κ1) is 9.15. The molecule has 0 spiro atoms. The molecule has 0 bridgehead atoms. The van der Waals surface area contributed by atoms with E-state index >= 15 is 0 Å². The SMILES string of the molecule is O=C(c1ccc2c(c1)CCO2)c1ncc[nH]1. The number of carbonyl (C=O) groups is 1. The highest BCUT2D eigenvalue weighted by Crippen LogP contribution is 2.26. The molecule has 1 aromatic carbocycles. The number of fused-ring (bicyclic) bond motifs is 1. The van der Waals surface area contributed by atoms with Gasteiger partial charge in [0.25, 0.3) is 0 Å². The van der Waals surface area contributed by atoms with E-state index in [-0.39, 0.29) is 5.78 Å². The monoisotopic (exact) mass is 214 g/mol. The number of H-pyrrole nitrogens is 1. The maximum Gasteiger partial charge on any atom is 0.228 e. The fourth-order valence-electron chi connectivity index (χ4n) is 1.85. The second kappa shape index (κ2) is 3.48. The van der Waals surface area contributed by atoms with Crippen molar-refractivity contribution in [3.05, 3.63) is 47.5 Å². The third kappa shape index (κ3) is 1.39. The Balaban J connectivity index is 1.99. The van der Waals surface area contributed by atoms with Crippen molar-refractivity contribution in [3.63, 3.8) is 0 Å². The van der Waals surface area contributed by atoms with Crippen LogP contribution >= 0.6 is 0 Å². The highest BCUT2D eigenvalue weighted by molar-refractivity contribution is 6.06. The van der Waals surface area contributed by atoms with Gasteiger partial charge >= 0.3 is 0 Å². The lowest BCUT2D eigenvalue weighted by atomic mass is 10.1. The van der Waals surface area contributed by atoms with Crippen LogP contribution in [0.3, 0.4) is 0 Å². The zero-order chi connectivity index (χ0) is 11.0. The molecule has 0 saturated carbocycles. The molecule has 0 aliphatic carbocycles. The molecule has 0 fully saturated rings. The molecule has 2 heterocycles. The third-order valence-corrected chi connectivity index (χ3v) is 2.66. The average Bonchev–Trinajstić information content (AvgIpc) is 2.98. The van der Waals surface area contributed by atoms with Gasteiger partial charge in [0.1, 0.15) is 5.75 Å². The predicted octanol–water partition coefficient (Wildman–Crippen LogP) is 1.58. The Morgan fingerprint density at radius 3 is 3.19 bits per heavy atom. The van der Waals surface area contributed by atoms with Crippen molar-refractivity contribution in [1.82, 2.24) is 9.97 Å².